The Hall–Kier alpha value is -1.96. The second kappa shape index (κ2) is 6.27. The third-order valence-electron chi connectivity index (χ3n) is 3.11. The van der Waals surface area contributed by atoms with Crippen molar-refractivity contribution in [1.82, 2.24) is 0 Å². The number of thiophene rings is 2. The zero-order valence-electron chi connectivity index (χ0n) is 11.7. The second-order valence-electron chi connectivity index (χ2n) is 4.47. The van der Waals surface area contributed by atoms with Crippen LogP contribution in [0.15, 0.2) is 29.6 Å². The van der Waals surface area contributed by atoms with Gasteiger partial charge in [-0.3, -0.25) is 4.79 Å². The van der Waals surface area contributed by atoms with E-state index in [0.717, 1.165) is 11.3 Å². The number of anilines is 1. The standard InChI is InChI=1S/C15H9ClFNO3S2/c1-21-15(20)7-5-6-22-14(7)18-13(19)12-11(16)10-8(17)3-2-4-9(10)23-12/h2-6H,1H3,(H,18,19). The van der Waals surface area contributed by atoms with E-state index in [9.17, 15) is 14.0 Å². The molecule has 2 aromatic heterocycles. The van der Waals surface area contributed by atoms with Gasteiger partial charge in [-0.2, -0.15) is 0 Å². The van der Waals surface area contributed by atoms with Crippen LogP contribution in [0.25, 0.3) is 10.1 Å². The van der Waals surface area contributed by atoms with Crippen LogP contribution >= 0.6 is 34.3 Å². The first-order chi connectivity index (χ1) is 11.0. The molecular formula is C15H9ClFNO3S2. The van der Waals surface area contributed by atoms with E-state index in [1.165, 1.54) is 24.5 Å². The highest BCUT2D eigenvalue weighted by Crippen LogP contribution is 2.37. The summed E-state index contributed by atoms with van der Waals surface area (Å²) in [5, 5.41) is 4.94. The Kier molecular flexibility index (Phi) is 4.34. The fourth-order valence-corrected chi connectivity index (χ4v) is 4.28. The molecule has 0 radical (unpaired) electrons. The van der Waals surface area contributed by atoms with Crippen molar-refractivity contribution in [2.24, 2.45) is 0 Å². The highest BCUT2D eigenvalue weighted by Gasteiger charge is 2.22. The first kappa shape index (κ1) is 15.9. The molecular weight excluding hydrogens is 361 g/mol. The molecule has 0 saturated carbocycles. The first-order valence-corrected chi connectivity index (χ1v) is 8.44. The Labute approximate surface area is 143 Å². The Bertz CT molecular complexity index is 919. The predicted octanol–water partition coefficient (Wildman–Crippen LogP) is 4.79. The summed E-state index contributed by atoms with van der Waals surface area (Å²) >= 11 is 8.43. The van der Waals surface area contributed by atoms with Gasteiger partial charge in [0.05, 0.1) is 17.7 Å². The number of methoxy groups -OCH3 is 1. The minimum Gasteiger partial charge on any atom is -0.465 e. The third-order valence-corrected chi connectivity index (χ3v) is 5.58. The van der Waals surface area contributed by atoms with Crippen LogP contribution in [0.1, 0.15) is 20.0 Å². The lowest BCUT2D eigenvalue weighted by atomic mass is 10.2. The van der Waals surface area contributed by atoms with Crippen molar-refractivity contribution in [2.45, 2.75) is 0 Å². The molecule has 0 fully saturated rings. The zero-order chi connectivity index (χ0) is 16.6. The Morgan fingerprint density at radius 2 is 2.09 bits per heavy atom. The maximum Gasteiger partial charge on any atom is 0.340 e. The Morgan fingerprint density at radius 3 is 2.78 bits per heavy atom. The van der Waals surface area contributed by atoms with Crippen LogP contribution in [0.3, 0.4) is 0 Å². The average molecular weight is 370 g/mol. The Morgan fingerprint density at radius 1 is 1.30 bits per heavy atom. The lowest BCUT2D eigenvalue weighted by molar-refractivity contribution is 0.0602. The van der Waals surface area contributed by atoms with E-state index in [1.807, 2.05) is 0 Å². The molecule has 0 aliphatic rings. The summed E-state index contributed by atoms with van der Waals surface area (Å²) in [6.07, 6.45) is 0. The van der Waals surface area contributed by atoms with Crippen molar-refractivity contribution < 1.29 is 18.7 Å². The predicted molar refractivity (Wildman–Crippen MR) is 90.4 cm³/mol. The summed E-state index contributed by atoms with van der Waals surface area (Å²) in [5.41, 5.74) is 0.259. The van der Waals surface area contributed by atoms with Crippen LogP contribution in [0.2, 0.25) is 5.02 Å². The summed E-state index contributed by atoms with van der Waals surface area (Å²) in [6.45, 7) is 0. The molecule has 1 N–H and O–H groups in total. The summed E-state index contributed by atoms with van der Waals surface area (Å²) in [4.78, 5) is 24.2. The minimum absolute atomic E-state index is 0.0665. The number of hydrogen-bond acceptors (Lipinski definition) is 5. The lowest BCUT2D eigenvalue weighted by Gasteiger charge is -2.04. The van der Waals surface area contributed by atoms with Gasteiger partial charge < -0.3 is 10.1 Å². The molecule has 0 atom stereocenters. The number of amides is 1. The number of rotatable bonds is 3. The number of carbonyl (C=O) groups excluding carboxylic acids is 2. The molecule has 1 aromatic carbocycles. The number of nitrogens with one attached hydrogen (secondary N) is 1. The van der Waals surface area contributed by atoms with E-state index >= 15 is 0 Å². The van der Waals surface area contributed by atoms with Crippen LogP contribution < -0.4 is 5.32 Å². The van der Waals surface area contributed by atoms with Crippen LogP contribution in [0.4, 0.5) is 9.39 Å². The van der Waals surface area contributed by atoms with Crippen LogP contribution in [0, 0.1) is 5.82 Å². The van der Waals surface area contributed by atoms with Crippen molar-refractivity contribution >= 4 is 61.2 Å². The highest BCUT2D eigenvalue weighted by molar-refractivity contribution is 7.22. The van der Waals surface area contributed by atoms with Gasteiger partial charge in [0.2, 0.25) is 0 Å². The van der Waals surface area contributed by atoms with Crippen molar-refractivity contribution in [1.29, 1.82) is 0 Å². The normalized spacial score (nSPS) is 10.7. The number of ether oxygens (including phenoxy) is 1. The summed E-state index contributed by atoms with van der Waals surface area (Å²) < 4.78 is 19.1. The first-order valence-electron chi connectivity index (χ1n) is 6.36. The number of hydrogen-bond donors (Lipinski definition) is 1. The van der Waals surface area contributed by atoms with Crippen molar-refractivity contribution in [2.75, 3.05) is 12.4 Å². The largest absolute Gasteiger partial charge is 0.465 e. The second-order valence-corrected chi connectivity index (χ2v) is 6.81. The topological polar surface area (TPSA) is 55.4 Å². The number of fused-ring (bicyclic) bond motifs is 1. The van der Waals surface area contributed by atoms with Crippen molar-refractivity contribution in [3.63, 3.8) is 0 Å². The summed E-state index contributed by atoms with van der Waals surface area (Å²) in [6, 6.07) is 6.09. The van der Waals surface area contributed by atoms with E-state index in [2.05, 4.69) is 10.1 Å². The summed E-state index contributed by atoms with van der Waals surface area (Å²) in [5.74, 6) is -1.52. The number of benzene rings is 1. The molecule has 3 aromatic rings. The third kappa shape index (κ3) is 2.83. The number of esters is 1. The van der Waals surface area contributed by atoms with Gasteiger partial charge >= 0.3 is 5.97 Å². The maximum atomic E-state index is 13.8. The molecule has 3 rings (SSSR count). The molecule has 118 valence electrons. The van der Waals surface area contributed by atoms with Gasteiger partial charge in [-0.1, -0.05) is 17.7 Å². The monoisotopic (exact) mass is 369 g/mol. The van der Waals surface area contributed by atoms with Crippen LogP contribution in [-0.4, -0.2) is 19.0 Å². The fourth-order valence-electron chi connectivity index (χ4n) is 2.05. The SMILES string of the molecule is COC(=O)c1ccsc1NC(=O)c1sc2cccc(F)c2c1Cl. The smallest absolute Gasteiger partial charge is 0.340 e. The van der Waals surface area contributed by atoms with Crippen molar-refractivity contribution in [3.8, 4) is 0 Å². The molecule has 0 unspecified atom stereocenters. The van der Waals surface area contributed by atoms with E-state index in [4.69, 9.17) is 11.6 Å². The van der Waals surface area contributed by atoms with Crippen molar-refractivity contribution in [3.05, 3.63) is 50.9 Å². The molecule has 2 heterocycles. The van der Waals surface area contributed by atoms with Crippen LogP contribution in [0.5, 0.6) is 0 Å². The lowest BCUT2D eigenvalue weighted by Crippen LogP contribution is -2.12. The molecule has 8 heteroatoms. The van der Waals surface area contributed by atoms with Gasteiger partial charge in [0.1, 0.15) is 15.7 Å². The molecule has 0 spiro atoms. The molecule has 0 saturated heterocycles. The van der Waals surface area contributed by atoms with Gasteiger partial charge in [0.15, 0.2) is 0 Å². The van der Waals surface area contributed by atoms with Crippen LogP contribution in [-0.2, 0) is 4.74 Å². The number of carbonyl (C=O) groups is 2. The summed E-state index contributed by atoms with van der Waals surface area (Å²) in [7, 11) is 1.26. The Balaban J connectivity index is 1.96. The molecule has 4 nitrogen and oxygen atoms in total. The molecule has 1 amide bonds. The minimum atomic E-state index is -0.546. The molecule has 23 heavy (non-hydrogen) atoms. The van der Waals surface area contributed by atoms with Gasteiger partial charge in [0.25, 0.3) is 5.91 Å². The molecule has 0 aliphatic heterocycles. The maximum absolute atomic E-state index is 13.8. The van der Waals surface area contributed by atoms with Gasteiger partial charge in [-0.15, -0.1) is 22.7 Å². The number of halogens is 2. The fraction of sp³-hybridized carbons (Fsp3) is 0.0667. The molecule has 0 bridgehead atoms. The molecule has 0 aliphatic carbocycles. The van der Waals surface area contributed by atoms with E-state index in [0.29, 0.717) is 9.70 Å². The van der Waals surface area contributed by atoms with E-state index in [-0.39, 0.29) is 20.8 Å². The quantitative estimate of drug-likeness (QED) is 0.675. The van der Waals surface area contributed by atoms with Gasteiger partial charge in [-0.05, 0) is 23.6 Å². The zero-order valence-corrected chi connectivity index (χ0v) is 14.1. The van der Waals surface area contributed by atoms with Gasteiger partial charge in [-0.25, -0.2) is 9.18 Å². The van der Waals surface area contributed by atoms with E-state index < -0.39 is 17.7 Å². The average Bonchev–Trinajstić information content (AvgIpc) is 3.12. The van der Waals surface area contributed by atoms with Gasteiger partial charge in [0, 0.05) is 10.1 Å². The van der Waals surface area contributed by atoms with E-state index in [1.54, 1.807) is 23.6 Å². The highest BCUT2D eigenvalue weighted by atomic mass is 35.5.